The normalized spacial score (nSPS) is 10.9. The number of halogens is 1. The van der Waals surface area contributed by atoms with Crippen LogP contribution in [0.3, 0.4) is 0 Å². The summed E-state index contributed by atoms with van der Waals surface area (Å²) in [6.07, 6.45) is 4.48. The zero-order valence-corrected chi connectivity index (χ0v) is 17.6. The summed E-state index contributed by atoms with van der Waals surface area (Å²) in [5, 5.41) is 3.94. The molecule has 2 aromatic rings. The number of methoxy groups -OCH3 is 4. The molecule has 0 heterocycles. The van der Waals surface area contributed by atoms with Crippen LogP contribution < -0.4 is 24.4 Å². The molecule has 8 heteroatoms. The number of hydrazone groups is 1. The Labute approximate surface area is 172 Å². The van der Waals surface area contributed by atoms with E-state index in [9.17, 15) is 4.79 Å². The van der Waals surface area contributed by atoms with Crippen molar-refractivity contribution in [1.29, 1.82) is 0 Å². The first kappa shape index (κ1) is 21.3. The smallest absolute Gasteiger partial charge is 0.264 e. The van der Waals surface area contributed by atoms with Crippen LogP contribution in [0.5, 0.6) is 23.0 Å². The third kappa shape index (κ3) is 5.04. The number of benzene rings is 2. The zero-order valence-electron chi connectivity index (χ0n) is 16.0. The predicted molar refractivity (Wildman–Crippen MR) is 112 cm³/mol. The van der Waals surface area contributed by atoms with E-state index in [4.69, 9.17) is 18.9 Å². The average Bonchev–Trinajstić information content (AvgIpc) is 2.72. The molecule has 0 bridgehead atoms. The van der Waals surface area contributed by atoms with Gasteiger partial charge in [0.15, 0.2) is 11.5 Å². The first-order valence-electron chi connectivity index (χ1n) is 8.18. The monoisotopic (exact) mass is 448 g/mol. The van der Waals surface area contributed by atoms with Gasteiger partial charge in [-0.1, -0.05) is 12.1 Å². The lowest BCUT2D eigenvalue weighted by molar-refractivity contribution is -0.116. The number of ether oxygens (including phenoxy) is 4. The maximum absolute atomic E-state index is 12.1. The summed E-state index contributed by atoms with van der Waals surface area (Å²) in [5.41, 5.74) is 3.87. The fourth-order valence-corrected chi connectivity index (χ4v) is 2.99. The van der Waals surface area contributed by atoms with Crippen molar-refractivity contribution in [3.63, 3.8) is 0 Å². The van der Waals surface area contributed by atoms with E-state index >= 15 is 0 Å². The van der Waals surface area contributed by atoms with Crippen molar-refractivity contribution >= 4 is 34.1 Å². The molecule has 0 aliphatic heterocycles. The van der Waals surface area contributed by atoms with Gasteiger partial charge in [0.2, 0.25) is 5.75 Å². The Morgan fingerprint density at radius 3 is 2.29 bits per heavy atom. The third-order valence-electron chi connectivity index (χ3n) is 3.73. The maximum Gasteiger partial charge on any atom is 0.264 e. The molecule has 0 fully saturated rings. The molecule has 0 spiro atoms. The highest BCUT2D eigenvalue weighted by Crippen LogP contribution is 2.45. The van der Waals surface area contributed by atoms with Crippen molar-refractivity contribution in [2.24, 2.45) is 5.10 Å². The SMILES string of the molecule is COc1ccccc1/C=N/NC(=O)/C=C/c1cc(OC)c(OC)c(OC)c1Br. The van der Waals surface area contributed by atoms with Gasteiger partial charge in [0, 0.05) is 11.6 Å². The lowest BCUT2D eigenvalue weighted by Gasteiger charge is -2.15. The van der Waals surface area contributed by atoms with Gasteiger partial charge in [-0.05, 0) is 45.8 Å². The number of nitrogens with one attached hydrogen (secondary N) is 1. The van der Waals surface area contributed by atoms with Crippen molar-refractivity contribution < 1.29 is 23.7 Å². The van der Waals surface area contributed by atoms with E-state index in [1.54, 1.807) is 19.3 Å². The molecule has 1 N–H and O–H groups in total. The first-order chi connectivity index (χ1) is 13.5. The Morgan fingerprint density at radius 2 is 1.64 bits per heavy atom. The molecule has 0 aromatic heterocycles. The Morgan fingerprint density at radius 1 is 0.964 bits per heavy atom. The molecule has 0 saturated heterocycles. The molecular formula is C20H21BrN2O5. The number of nitrogens with zero attached hydrogens (tertiary/aromatic N) is 1. The van der Waals surface area contributed by atoms with Crippen molar-refractivity contribution in [1.82, 2.24) is 5.43 Å². The lowest BCUT2D eigenvalue weighted by atomic mass is 10.1. The van der Waals surface area contributed by atoms with E-state index in [2.05, 4.69) is 26.5 Å². The van der Waals surface area contributed by atoms with Crippen molar-refractivity contribution in [3.05, 3.63) is 52.0 Å². The summed E-state index contributed by atoms with van der Waals surface area (Å²) < 4.78 is 21.9. The van der Waals surface area contributed by atoms with Crippen LogP contribution in [0.15, 0.2) is 46.0 Å². The van der Waals surface area contributed by atoms with Crippen LogP contribution >= 0.6 is 15.9 Å². The fourth-order valence-electron chi connectivity index (χ4n) is 2.40. The highest BCUT2D eigenvalue weighted by atomic mass is 79.9. The minimum Gasteiger partial charge on any atom is -0.496 e. The zero-order chi connectivity index (χ0) is 20.5. The van der Waals surface area contributed by atoms with Crippen LogP contribution in [0.2, 0.25) is 0 Å². The molecule has 0 aliphatic rings. The van der Waals surface area contributed by atoms with Gasteiger partial charge in [0.25, 0.3) is 5.91 Å². The van der Waals surface area contributed by atoms with Crippen molar-refractivity contribution in [2.45, 2.75) is 0 Å². The molecule has 28 heavy (non-hydrogen) atoms. The quantitative estimate of drug-likeness (QED) is 0.378. The summed E-state index contributed by atoms with van der Waals surface area (Å²) in [5.74, 6) is 1.68. The summed E-state index contributed by atoms with van der Waals surface area (Å²) >= 11 is 3.46. The summed E-state index contributed by atoms with van der Waals surface area (Å²) in [7, 11) is 6.14. The van der Waals surface area contributed by atoms with Crippen molar-refractivity contribution in [2.75, 3.05) is 28.4 Å². The van der Waals surface area contributed by atoms with Gasteiger partial charge in [-0.3, -0.25) is 4.79 Å². The third-order valence-corrected chi connectivity index (χ3v) is 4.55. The number of amides is 1. The van der Waals surface area contributed by atoms with Gasteiger partial charge in [-0.25, -0.2) is 5.43 Å². The molecule has 2 aromatic carbocycles. The number of carbonyl (C=O) groups is 1. The largest absolute Gasteiger partial charge is 0.496 e. The Hall–Kier alpha value is -3.00. The minimum absolute atomic E-state index is 0.396. The number of hydrogen-bond donors (Lipinski definition) is 1. The van der Waals surface area contributed by atoms with Gasteiger partial charge >= 0.3 is 0 Å². The predicted octanol–water partition coefficient (Wildman–Crippen LogP) is 3.65. The molecule has 0 saturated carbocycles. The second kappa shape index (κ2) is 10.4. The standard InChI is InChI=1S/C20H21BrN2O5/c1-25-15-8-6-5-7-14(15)12-22-23-17(24)10-9-13-11-16(26-2)19(27-3)20(28-4)18(13)21/h5-12H,1-4H3,(H,23,24)/b10-9+,22-12+. The van der Waals surface area contributed by atoms with Gasteiger partial charge in [0.05, 0.1) is 39.1 Å². The van der Waals surface area contributed by atoms with E-state index in [-0.39, 0.29) is 0 Å². The minimum atomic E-state index is -0.396. The number of rotatable bonds is 8. The van der Waals surface area contributed by atoms with Crippen LogP contribution in [0, 0.1) is 0 Å². The molecular weight excluding hydrogens is 428 g/mol. The fraction of sp³-hybridized carbons (Fsp3) is 0.200. The lowest BCUT2D eigenvalue weighted by Crippen LogP contribution is -2.14. The molecule has 1 amide bonds. The van der Waals surface area contributed by atoms with Crippen LogP contribution in [-0.2, 0) is 4.79 Å². The van der Waals surface area contributed by atoms with E-state index in [1.807, 2.05) is 24.3 Å². The van der Waals surface area contributed by atoms with Gasteiger partial charge in [0.1, 0.15) is 5.75 Å². The van der Waals surface area contributed by atoms with E-state index < -0.39 is 5.91 Å². The molecule has 0 unspecified atom stereocenters. The Bertz CT molecular complexity index is 896. The topological polar surface area (TPSA) is 78.4 Å². The second-order valence-electron chi connectivity index (χ2n) is 5.36. The highest BCUT2D eigenvalue weighted by molar-refractivity contribution is 9.10. The van der Waals surface area contributed by atoms with E-state index in [0.717, 1.165) is 5.56 Å². The number of carbonyl (C=O) groups excluding carboxylic acids is 1. The van der Waals surface area contributed by atoms with E-state index in [0.29, 0.717) is 33.0 Å². The first-order valence-corrected chi connectivity index (χ1v) is 8.97. The summed E-state index contributed by atoms with van der Waals surface area (Å²) in [6, 6.07) is 9.08. The molecule has 0 atom stereocenters. The van der Waals surface area contributed by atoms with E-state index in [1.165, 1.54) is 33.6 Å². The van der Waals surface area contributed by atoms with Crippen LogP contribution in [-0.4, -0.2) is 40.6 Å². The van der Waals surface area contributed by atoms with Gasteiger partial charge in [-0.15, -0.1) is 0 Å². The maximum atomic E-state index is 12.1. The molecule has 148 valence electrons. The molecule has 0 radical (unpaired) electrons. The van der Waals surface area contributed by atoms with Crippen molar-refractivity contribution in [3.8, 4) is 23.0 Å². The highest BCUT2D eigenvalue weighted by Gasteiger charge is 2.17. The summed E-state index contributed by atoms with van der Waals surface area (Å²) in [4.78, 5) is 12.1. The number of para-hydroxylation sites is 1. The van der Waals surface area contributed by atoms with Gasteiger partial charge in [-0.2, -0.15) is 5.10 Å². The second-order valence-corrected chi connectivity index (χ2v) is 6.15. The average molecular weight is 449 g/mol. The molecule has 2 rings (SSSR count). The number of hydrogen-bond acceptors (Lipinski definition) is 6. The summed E-state index contributed by atoms with van der Waals surface area (Å²) in [6.45, 7) is 0. The van der Waals surface area contributed by atoms with Gasteiger partial charge < -0.3 is 18.9 Å². The Kier molecular flexibility index (Phi) is 7.88. The van der Waals surface area contributed by atoms with Crippen LogP contribution in [0.25, 0.3) is 6.08 Å². The molecule has 7 nitrogen and oxygen atoms in total. The van der Waals surface area contributed by atoms with Crippen LogP contribution in [0.1, 0.15) is 11.1 Å². The van der Waals surface area contributed by atoms with Crippen LogP contribution in [0.4, 0.5) is 0 Å². The Balaban J connectivity index is 2.15. The molecule has 0 aliphatic carbocycles.